The van der Waals surface area contributed by atoms with E-state index in [1.54, 1.807) is 6.92 Å². The standard InChI is InChI=1S/C16H16ClF3N2S/c1-8-14(23-7-16(2,3)4)12(15(17)22-21-8)11-9(18)5-6-10(19)13(11)20/h5-6H,7H2,1-4H3. The summed E-state index contributed by atoms with van der Waals surface area (Å²) >= 11 is 7.41. The number of aryl methyl sites for hydroxylation is 1. The summed E-state index contributed by atoms with van der Waals surface area (Å²) in [5.74, 6) is -2.65. The molecule has 1 heterocycles. The van der Waals surface area contributed by atoms with E-state index in [4.69, 9.17) is 11.6 Å². The first kappa shape index (κ1) is 18.1. The number of rotatable bonds is 3. The van der Waals surface area contributed by atoms with Crippen molar-refractivity contribution in [3.63, 3.8) is 0 Å². The second-order valence-corrected chi connectivity index (χ2v) is 7.69. The maximum Gasteiger partial charge on any atom is 0.169 e. The molecule has 0 radical (unpaired) electrons. The molecule has 0 aliphatic carbocycles. The molecule has 0 fully saturated rings. The smallest absolute Gasteiger partial charge is 0.169 e. The van der Waals surface area contributed by atoms with E-state index in [1.807, 2.05) is 20.8 Å². The molecule has 1 aromatic carbocycles. The highest BCUT2D eigenvalue weighted by Crippen LogP contribution is 2.41. The first-order valence-corrected chi connectivity index (χ1v) is 8.27. The van der Waals surface area contributed by atoms with Crippen LogP contribution < -0.4 is 0 Å². The van der Waals surface area contributed by atoms with Crippen LogP contribution >= 0.6 is 23.4 Å². The van der Waals surface area contributed by atoms with Crippen molar-refractivity contribution < 1.29 is 13.2 Å². The quantitative estimate of drug-likeness (QED) is 0.521. The highest BCUT2D eigenvalue weighted by atomic mass is 35.5. The molecule has 0 spiro atoms. The molecule has 2 rings (SSSR count). The molecule has 0 saturated carbocycles. The van der Waals surface area contributed by atoms with Gasteiger partial charge in [0.25, 0.3) is 0 Å². The van der Waals surface area contributed by atoms with Crippen LogP contribution in [0.3, 0.4) is 0 Å². The van der Waals surface area contributed by atoms with Crippen LogP contribution in [0.4, 0.5) is 13.2 Å². The summed E-state index contributed by atoms with van der Waals surface area (Å²) in [6, 6.07) is 1.61. The number of nitrogens with zero attached hydrogens (tertiary/aromatic N) is 2. The summed E-state index contributed by atoms with van der Waals surface area (Å²) in [6.45, 7) is 7.78. The van der Waals surface area contributed by atoms with Crippen molar-refractivity contribution in [3.05, 3.63) is 40.4 Å². The Bertz CT molecular complexity index is 745. The first-order valence-electron chi connectivity index (χ1n) is 6.91. The lowest BCUT2D eigenvalue weighted by Crippen LogP contribution is -2.09. The predicted octanol–water partition coefficient (Wildman–Crippen LogP) is 5.66. The van der Waals surface area contributed by atoms with Crippen LogP contribution in [0, 0.1) is 29.8 Å². The molecule has 2 nitrogen and oxygen atoms in total. The lowest BCUT2D eigenvalue weighted by atomic mass is 10.0. The summed E-state index contributed by atoms with van der Waals surface area (Å²) in [5.41, 5.74) is -0.00240. The van der Waals surface area contributed by atoms with Crippen LogP contribution in [0.2, 0.25) is 5.15 Å². The van der Waals surface area contributed by atoms with Gasteiger partial charge in [-0.05, 0) is 24.5 Å². The highest BCUT2D eigenvalue weighted by Gasteiger charge is 2.25. The fourth-order valence-corrected chi connectivity index (χ4v) is 3.38. The van der Waals surface area contributed by atoms with Crippen LogP contribution in [-0.2, 0) is 0 Å². The predicted molar refractivity (Wildman–Crippen MR) is 87.3 cm³/mol. The normalized spacial score (nSPS) is 11.8. The van der Waals surface area contributed by atoms with E-state index in [2.05, 4.69) is 10.2 Å². The molecule has 7 heteroatoms. The first-order chi connectivity index (χ1) is 10.6. The minimum absolute atomic E-state index is 0.0247. The molecular weight excluding hydrogens is 345 g/mol. The van der Waals surface area contributed by atoms with Gasteiger partial charge in [0.05, 0.1) is 11.3 Å². The number of hydrogen-bond acceptors (Lipinski definition) is 3. The van der Waals surface area contributed by atoms with E-state index < -0.39 is 23.0 Å². The molecule has 2 aromatic rings. The molecule has 0 N–H and O–H groups in total. The summed E-state index contributed by atoms with van der Waals surface area (Å²) in [4.78, 5) is 0.503. The van der Waals surface area contributed by atoms with E-state index >= 15 is 0 Å². The number of halogens is 4. The maximum atomic E-state index is 14.2. The number of aromatic nitrogens is 2. The van der Waals surface area contributed by atoms with Crippen molar-refractivity contribution in [1.82, 2.24) is 10.2 Å². The van der Waals surface area contributed by atoms with E-state index in [0.29, 0.717) is 16.3 Å². The van der Waals surface area contributed by atoms with E-state index in [9.17, 15) is 13.2 Å². The Balaban J connectivity index is 2.68. The van der Waals surface area contributed by atoms with Gasteiger partial charge in [0.1, 0.15) is 5.82 Å². The second-order valence-electron chi connectivity index (χ2n) is 6.35. The molecule has 0 aliphatic rings. The van der Waals surface area contributed by atoms with Gasteiger partial charge in [-0.2, -0.15) is 5.10 Å². The van der Waals surface area contributed by atoms with Crippen LogP contribution in [-0.4, -0.2) is 16.0 Å². The van der Waals surface area contributed by atoms with Gasteiger partial charge in [0.2, 0.25) is 0 Å². The van der Waals surface area contributed by atoms with Gasteiger partial charge < -0.3 is 0 Å². The number of benzene rings is 1. The van der Waals surface area contributed by atoms with Crippen molar-refractivity contribution in [2.45, 2.75) is 32.6 Å². The largest absolute Gasteiger partial charge is 0.206 e. The molecular formula is C16H16ClF3N2S. The molecule has 0 saturated heterocycles. The van der Waals surface area contributed by atoms with Crippen molar-refractivity contribution in [1.29, 1.82) is 0 Å². The molecule has 23 heavy (non-hydrogen) atoms. The topological polar surface area (TPSA) is 25.8 Å². The lowest BCUT2D eigenvalue weighted by molar-refractivity contribution is 0.480. The number of hydrogen-bond donors (Lipinski definition) is 0. The molecule has 0 aliphatic heterocycles. The Hall–Kier alpha value is -1.27. The van der Waals surface area contributed by atoms with Crippen molar-refractivity contribution in [2.75, 3.05) is 5.75 Å². The fourth-order valence-electron chi connectivity index (χ4n) is 1.93. The van der Waals surface area contributed by atoms with E-state index in [1.165, 1.54) is 11.8 Å². The molecule has 1 aromatic heterocycles. The third kappa shape index (κ3) is 3.98. The summed E-state index contributed by atoms with van der Waals surface area (Å²) in [5, 5.41) is 7.47. The Morgan fingerprint density at radius 3 is 2.26 bits per heavy atom. The van der Waals surface area contributed by atoms with Gasteiger partial charge in [-0.15, -0.1) is 16.9 Å². The zero-order chi connectivity index (χ0) is 17.4. The zero-order valence-electron chi connectivity index (χ0n) is 13.2. The Morgan fingerprint density at radius 1 is 1.04 bits per heavy atom. The van der Waals surface area contributed by atoms with E-state index in [-0.39, 0.29) is 16.1 Å². The lowest BCUT2D eigenvalue weighted by Gasteiger charge is -2.20. The molecule has 0 amide bonds. The van der Waals surface area contributed by atoms with Gasteiger partial charge in [-0.3, -0.25) is 0 Å². The van der Waals surface area contributed by atoms with Gasteiger partial charge >= 0.3 is 0 Å². The summed E-state index contributed by atoms with van der Waals surface area (Å²) in [6.07, 6.45) is 0. The maximum absolute atomic E-state index is 14.2. The third-order valence-corrected chi connectivity index (χ3v) is 5.06. The minimum Gasteiger partial charge on any atom is -0.206 e. The highest BCUT2D eigenvalue weighted by molar-refractivity contribution is 7.99. The minimum atomic E-state index is -1.28. The van der Waals surface area contributed by atoms with Crippen LogP contribution in [0.1, 0.15) is 26.5 Å². The van der Waals surface area contributed by atoms with Gasteiger partial charge in [-0.25, -0.2) is 13.2 Å². The fraction of sp³-hybridized carbons (Fsp3) is 0.375. The van der Waals surface area contributed by atoms with Crippen molar-refractivity contribution in [3.8, 4) is 11.1 Å². The van der Waals surface area contributed by atoms with Crippen LogP contribution in [0.15, 0.2) is 17.0 Å². The van der Waals surface area contributed by atoms with Gasteiger partial charge in [0, 0.05) is 16.2 Å². The van der Waals surface area contributed by atoms with Crippen LogP contribution in [0.5, 0.6) is 0 Å². The van der Waals surface area contributed by atoms with Crippen molar-refractivity contribution in [2.24, 2.45) is 5.41 Å². The second kappa shape index (κ2) is 6.69. The number of thioether (sulfide) groups is 1. The van der Waals surface area contributed by atoms with Crippen molar-refractivity contribution >= 4 is 23.4 Å². The SMILES string of the molecule is Cc1nnc(Cl)c(-c2c(F)ccc(F)c2F)c1SCC(C)(C)C. The summed E-state index contributed by atoms with van der Waals surface area (Å²) in [7, 11) is 0. The molecule has 0 atom stereocenters. The monoisotopic (exact) mass is 360 g/mol. The third-order valence-electron chi connectivity index (χ3n) is 2.99. The Morgan fingerprint density at radius 2 is 1.65 bits per heavy atom. The zero-order valence-corrected chi connectivity index (χ0v) is 14.7. The molecule has 0 bridgehead atoms. The molecule has 0 unspecified atom stereocenters. The summed E-state index contributed by atoms with van der Waals surface area (Å²) < 4.78 is 41.9. The van der Waals surface area contributed by atoms with Crippen LogP contribution in [0.25, 0.3) is 11.1 Å². The van der Waals surface area contributed by atoms with E-state index in [0.717, 1.165) is 12.1 Å². The average molecular weight is 361 g/mol. The van der Waals surface area contributed by atoms with Gasteiger partial charge in [-0.1, -0.05) is 32.4 Å². The Labute approximate surface area is 142 Å². The molecule has 124 valence electrons. The van der Waals surface area contributed by atoms with Gasteiger partial charge in [0.15, 0.2) is 16.8 Å². The average Bonchev–Trinajstić information content (AvgIpc) is 2.45. The Kier molecular flexibility index (Phi) is 5.26.